The number of carbonyl (C=O) groups is 4. The third-order valence-corrected chi connectivity index (χ3v) is 4.70. The van der Waals surface area contributed by atoms with E-state index in [9.17, 15) is 19.2 Å². The monoisotopic (exact) mass is 423 g/mol. The lowest BCUT2D eigenvalue weighted by molar-refractivity contribution is -0.130. The van der Waals surface area contributed by atoms with Gasteiger partial charge in [0.15, 0.2) is 0 Å². The SMILES string of the molecule is O=C(CN1C(=O)c2ccc(Br)cc2C1=O)NCCNC(=O)C1CCCO1. The Balaban J connectivity index is 1.44. The molecule has 2 N–H and O–H groups in total. The maximum Gasteiger partial charge on any atom is 0.262 e. The van der Waals surface area contributed by atoms with Crippen LogP contribution in [0.5, 0.6) is 0 Å². The van der Waals surface area contributed by atoms with E-state index >= 15 is 0 Å². The van der Waals surface area contributed by atoms with Crippen molar-refractivity contribution in [3.8, 4) is 0 Å². The summed E-state index contributed by atoms with van der Waals surface area (Å²) in [6.45, 7) is 0.681. The second-order valence-corrected chi connectivity index (χ2v) is 6.94. The van der Waals surface area contributed by atoms with Gasteiger partial charge in [-0.05, 0) is 31.0 Å². The molecule has 1 saturated heterocycles. The largest absolute Gasteiger partial charge is 0.368 e. The number of hydrogen-bond donors (Lipinski definition) is 2. The van der Waals surface area contributed by atoms with Gasteiger partial charge >= 0.3 is 0 Å². The second-order valence-electron chi connectivity index (χ2n) is 6.03. The average molecular weight is 424 g/mol. The minimum Gasteiger partial charge on any atom is -0.368 e. The van der Waals surface area contributed by atoms with E-state index < -0.39 is 23.8 Å². The summed E-state index contributed by atoms with van der Waals surface area (Å²) in [5.41, 5.74) is 0.566. The molecule has 1 unspecified atom stereocenters. The Bertz CT molecular complexity index is 761. The first-order valence-electron chi connectivity index (χ1n) is 8.29. The third kappa shape index (κ3) is 3.94. The highest BCUT2D eigenvalue weighted by Crippen LogP contribution is 2.25. The highest BCUT2D eigenvalue weighted by atomic mass is 79.9. The first-order chi connectivity index (χ1) is 12.5. The second kappa shape index (κ2) is 7.96. The normalized spacial score (nSPS) is 18.8. The number of nitrogens with one attached hydrogen (secondary N) is 2. The molecule has 2 aliphatic heterocycles. The van der Waals surface area contributed by atoms with E-state index in [0.29, 0.717) is 17.5 Å². The number of halogens is 1. The zero-order chi connectivity index (χ0) is 18.7. The lowest BCUT2D eigenvalue weighted by Gasteiger charge is -2.14. The fourth-order valence-electron chi connectivity index (χ4n) is 2.89. The Morgan fingerprint density at radius 3 is 2.62 bits per heavy atom. The van der Waals surface area contributed by atoms with Crippen molar-refractivity contribution < 1.29 is 23.9 Å². The summed E-state index contributed by atoms with van der Waals surface area (Å²) in [5, 5.41) is 5.27. The predicted octanol–water partition coefficient (Wildman–Crippen LogP) is 0.456. The number of nitrogens with zero attached hydrogens (tertiary/aromatic N) is 1. The molecule has 3 rings (SSSR count). The topological polar surface area (TPSA) is 105 Å². The van der Waals surface area contributed by atoms with Crippen LogP contribution < -0.4 is 10.6 Å². The van der Waals surface area contributed by atoms with Crippen molar-refractivity contribution in [1.82, 2.24) is 15.5 Å². The van der Waals surface area contributed by atoms with E-state index in [1.807, 2.05) is 0 Å². The zero-order valence-corrected chi connectivity index (χ0v) is 15.5. The van der Waals surface area contributed by atoms with Crippen LogP contribution in [0.4, 0.5) is 0 Å². The van der Waals surface area contributed by atoms with Crippen LogP contribution in [-0.2, 0) is 14.3 Å². The summed E-state index contributed by atoms with van der Waals surface area (Å²) in [5.74, 6) is -1.64. The number of ether oxygens (including phenoxy) is 1. The van der Waals surface area contributed by atoms with Gasteiger partial charge in [0.2, 0.25) is 11.8 Å². The van der Waals surface area contributed by atoms with E-state index in [0.717, 1.165) is 11.3 Å². The molecule has 0 radical (unpaired) electrons. The van der Waals surface area contributed by atoms with Crippen molar-refractivity contribution in [1.29, 1.82) is 0 Å². The van der Waals surface area contributed by atoms with Crippen LogP contribution in [0.15, 0.2) is 22.7 Å². The molecule has 0 spiro atoms. The quantitative estimate of drug-likeness (QED) is 0.510. The van der Waals surface area contributed by atoms with Crippen LogP contribution in [0, 0.1) is 0 Å². The maximum atomic E-state index is 12.3. The van der Waals surface area contributed by atoms with Gasteiger partial charge in [-0.15, -0.1) is 0 Å². The Kier molecular flexibility index (Phi) is 5.67. The number of hydrogen-bond acceptors (Lipinski definition) is 5. The van der Waals surface area contributed by atoms with Crippen LogP contribution >= 0.6 is 15.9 Å². The average Bonchev–Trinajstić information content (AvgIpc) is 3.23. The lowest BCUT2D eigenvalue weighted by atomic mass is 10.1. The molecule has 0 aliphatic carbocycles. The lowest BCUT2D eigenvalue weighted by Crippen LogP contribution is -2.43. The first kappa shape index (κ1) is 18.5. The summed E-state index contributed by atoms with van der Waals surface area (Å²) in [6.07, 6.45) is 1.16. The van der Waals surface area contributed by atoms with E-state index in [4.69, 9.17) is 4.74 Å². The number of rotatable bonds is 6. The Morgan fingerprint density at radius 2 is 1.88 bits per heavy atom. The molecular formula is C17H18BrN3O5. The molecule has 9 heteroatoms. The van der Waals surface area contributed by atoms with Gasteiger partial charge in [0.05, 0.1) is 11.1 Å². The number of imide groups is 1. The molecule has 2 aliphatic rings. The minimum atomic E-state index is -0.492. The summed E-state index contributed by atoms with van der Waals surface area (Å²) < 4.78 is 5.95. The molecular weight excluding hydrogens is 406 g/mol. The highest BCUT2D eigenvalue weighted by molar-refractivity contribution is 9.10. The molecule has 1 fully saturated rings. The predicted molar refractivity (Wildman–Crippen MR) is 94.5 cm³/mol. The van der Waals surface area contributed by atoms with E-state index in [-0.39, 0.29) is 36.7 Å². The molecule has 138 valence electrons. The van der Waals surface area contributed by atoms with Crippen LogP contribution in [0.3, 0.4) is 0 Å². The van der Waals surface area contributed by atoms with Crippen LogP contribution in [0.25, 0.3) is 0 Å². The van der Waals surface area contributed by atoms with Crippen molar-refractivity contribution in [3.63, 3.8) is 0 Å². The molecule has 1 aromatic rings. The fourth-order valence-corrected chi connectivity index (χ4v) is 3.25. The summed E-state index contributed by atoms with van der Waals surface area (Å²) >= 11 is 3.26. The zero-order valence-electron chi connectivity index (χ0n) is 13.9. The van der Waals surface area contributed by atoms with Gasteiger partial charge in [-0.3, -0.25) is 24.1 Å². The molecule has 4 amide bonds. The van der Waals surface area contributed by atoms with Crippen molar-refractivity contribution in [2.24, 2.45) is 0 Å². The number of benzene rings is 1. The summed E-state index contributed by atoms with van der Waals surface area (Å²) in [6, 6.07) is 4.79. The van der Waals surface area contributed by atoms with Gasteiger partial charge in [0.25, 0.3) is 11.8 Å². The van der Waals surface area contributed by atoms with Crippen molar-refractivity contribution in [2.75, 3.05) is 26.2 Å². The molecule has 2 heterocycles. The molecule has 26 heavy (non-hydrogen) atoms. The first-order valence-corrected chi connectivity index (χ1v) is 9.08. The molecule has 0 saturated carbocycles. The van der Waals surface area contributed by atoms with Gasteiger partial charge in [0.1, 0.15) is 12.6 Å². The fraction of sp³-hybridized carbons (Fsp3) is 0.412. The summed E-state index contributed by atoms with van der Waals surface area (Å²) in [7, 11) is 0. The number of amides is 4. The van der Waals surface area contributed by atoms with Gasteiger partial charge in [0, 0.05) is 24.2 Å². The highest BCUT2D eigenvalue weighted by Gasteiger charge is 2.36. The molecule has 1 aromatic carbocycles. The third-order valence-electron chi connectivity index (χ3n) is 4.20. The van der Waals surface area contributed by atoms with E-state index in [2.05, 4.69) is 26.6 Å². The van der Waals surface area contributed by atoms with Crippen LogP contribution in [0.2, 0.25) is 0 Å². The Labute approximate surface area is 158 Å². The van der Waals surface area contributed by atoms with E-state index in [1.54, 1.807) is 18.2 Å². The molecule has 0 aromatic heterocycles. The number of fused-ring (bicyclic) bond motifs is 1. The Morgan fingerprint density at radius 1 is 1.15 bits per heavy atom. The van der Waals surface area contributed by atoms with Crippen LogP contribution in [0.1, 0.15) is 33.6 Å². The maximum absolute atomic E-state index is 12.3. The Hall–Kier alpha value is -2.26. The van der Waals surface area contributed by atoms with Gasteiger partial charge in [-0.2, -0.15) is 0 Å². The van der Waals surface area contributed by atoms with Crippen molar-refractivity contribution in [3.05, 3.63) is 33.8 Å². The minimum absolute atomic E-state index is 0.192. The van der Waals surface area contributed by atoms with Gasteiger partial charge in [-0.1, -0.05) is 15.9 Å². The van der Waals surface area contributed by atoms with Crippen LogP contribution in [-0.4, -0.2) is 60.9 Å². The van der Waals surface area contributed by atoms with Gasteiger partial charge < -0.3 is 15.4 Å². The smallest absolute Gasteiger partial charge is 0.262 e. The standard InChI is InChI=1S/C17H18BrN3O5/c18-10-3-4-11-12(8-10)17(25)21(16(11)24)9-14(22)19-5-6-20-15(23)13-2-1-7-26-13/h3-4,8,13H,1-2,5-7,9H2,(H,19,22)(H,20,23). The molecule has 8 nitrogen and oxygen atoms in total. The van der Waals surface area contributed by atoms with Gasteiger partial charge in [-0.25, -0.2) is 0 Å². The number of carbonyl (C=O) groups excluding carboxylic acids is 4. The van der Waals surface area contributed by atoms with Crippen molar-refractivity contribution >= 4 is 39.6 Å². The molecule has 0 bridgehead atoms. The van der Waals surface area contributed by atoms with E-state index in [1.165, 1.54) is 0 Å². The molecule has 1 atom stereocenters. The summed E-state index contributed by atoms with van der Waals surface area (Å²) in [4.78, 5) is 49.2. The van der Waals surface area contributed by atoms with Crippen molar-refractivity contribution in [2.45, 2.75) is 18.9 Å².